The van der Waals surface area contributed by atoms with Gasteiger partial charge in [-0.3, -0.25) is 9.59 Å². The molecule has 7 heteroatoms. The van der Waals surface area contributed by atoms with Gasteiger partial charge in [-0.2, -0.15) is 0 Å². The third-order valence-corrected chi connectivity index (χ3v) is 3.54. The third-order valence-electron chi connectivity index (χ3n) is 3.54. The SMILES string of the molecule is CC(C)(C)OC(=O)N[C@@H](Cc1c[nH]cn1)C(=O)C([C]=O)c1ccccc1. The molecule has 0 aliphatic heterocycles. The first-order valence-electron chi connectivity index (χ1n) is 8.23. The Bertz CT molecular complexity index is 736. The number of carbonyl (C=O) groups excluding carboxylic acids is 3. The van der Waals surface area contributed by atoms with Gasteiger partial charge in [0.25, 0.3) is 0 Å². The van der Waals surface area contributed by atoms with Crippen molar-refractivity contribution in [1.82, 2.24) is 15.3 Å². The lowest BCUT2D eigenvalue weighted by Gasteiger charge is -2.24. The number of amides is 1. The number of benzene rings is 1. The fourth-order valence-corrected chi connectivity index (χ4v) is 2.42. The Hall–Kier alpha value is -2.96. The van der Waals surface area contributed by atoms with Gasteiger partial charge in [-0.05, 0) is 26.3 Å². The largest absolute Gasteiger partial charge is 0.444 e. The van der Waals surface area contributed by atoms with Crippen LogP contribution in [0.5, 0.6) is 0 Å². The van der Waals surface area contributed by atoms with Crippen molar-refractivity contribution in [2.45, 2.75) is 44.8 Å². The monoisotopic (exact) mass is 356 g/mol. The molecule has 0 saturated heterocycles. The van der Waals surface area contributed by atoms with E-state index in [4.69, 9.17) is 4.74 Å². The van der Waals surface area contributed by atoms with Crippen LogP contribution in [0, 0.1) is 0 Å². The summed E-state index contributed by atoms with van der Waals surface area (Å²) in [5, 5.41) is 2.55. The van der Waals surface area contributed by atoms with E-state index in [1.54, 1.807) is 63.6 Å². The Morgan fingerprint density at radius 1 is 1.27 bits per heavy atom. The zero-order valence-electron chi connectivity index (χ0n) is 15.0. The summed E-state index contributed by atoms with van der Waals surface area (Å²) in [4.78, 5) is 43.4. The number of rotatable bonds is 7. The van der Waals surface area contributed by atoms with Crippen LogP contribution in [-0.4, -0.2) is 39.8 Å². The first-order chi connectivity index (χ1) is 12.3. The van der Waals surface area contributed by atoms with Gasteiger partial charge in [0.15, 0.2) is 5.78 Å². The Labute approximate surface area is 152 Å². The molecular formula is C19H22N3O4. The molecule has 7 nitrogen and oxygen atoms in total. The van der Waals surface area contributed by atoms with Crippen LogP contribution in [0.2, 0.25) is 0 Å². The summed E-state index contributed by atoms with van der Waals surface area (Å²) in [6.07, 6.45) is 4.28. The number of nitrogens with one attached hydrogen (secondary N) is 2. The summed E-state index contributed by atoms with van der Waals surface area (Å²) < 4.78 is 5.23. The lowest BCUT2D eigenvalue weighted by molar-refractivity contribution is -0.121. The van der Waals surface area contributed by atoms with Crippen LogP contribution >= 0.6 is 0 Å². The molecule has 0 saturated carbocycles. The van der Waals surface area contributed by atoms with E-state index in [0.29, 0.717) is 11.3 Å². The predicted octanol–water partition coefficient (Wildman–Crippen LogP) is 2.31. The lowest BCUT2D eigenvalue weighted by atomic mass is 9.90. The van der Waals surface area contributed by atoms with Gasteiger partial charge >= 0.3 is 6.09 Å². The number of alkyl carbamates (subject to hydrolysis) is 1. The molecule has 2 rings (SSSR count). The highest BCUT2D eigenvalue weighted by atomic mass is 16.6. The van der Waals surface area contributed by atoms with Crippen LogP contribution < -0.4 is 5.32 Å². The van der Waals surface area contributed by atoms with Crippen LogP contribution in [0.4, 0.5) is 4.79 Å². The van der Waals surface area contributed by atoms with Crippen LogP contribution in [0.25, 0.3) is 0 Å². The highest BCUT2D eigenvalue weighted by Gasteiger charge is 2.31. The van der Waals surface area contributed by atoms with E-state index < -0.39 is 29.4 Å². The van der Waals surface area contributed by atoms with Gasteiger partial charge in [0.1, 0.15) is 11.5 Å². The molecule has 1 radical (unpaired) electrons. The van der Waals surface area contributed by atoms with E-state index in [1.807, 2.05) is 0 Å². The normalized spacial score (nSPS) is 13.5. The quantitative estimate of drug-likeness (QED) is 0.741. The van der Waals surface area contributed by atoms with E-state index in [9.17, 15) is 14.4 Å². The predicted molar refractivity (Wildman–Crippen MR) is 95.3 cm³/mol. The van der Waals surface area contributed by atoms with Crippen LogP contribution in [0.3, 0.4) is 0 Å². The molecule has 137 valence electrons. The summed E-state index contributed by atoms with van der Waals surface area (Å²) in [6, 6.07) is 7.63. The first kappa shape index (κ1) is 19.4. The number of aromatic nitrogens is 2. The summed E-state index contributed by atoms with van der Waals surface area (Å²) >= 11 is 0. The molecule has 0 aliphatic carbocycles. The zero-order valence-corrected chi connectivity index (χ0v) is 15.0. The van der Waals surface area contributed by atoms with Gasteiger partial charge in [0, 0.05) is 12.6 Å². The van der Waals surface area contributed by atoms with E-state index >= 15 is 0 Å². The number of nitrogens with zero attached hydrogens (tertiary/aromatic N) is 1. The molecule has 0 spiro atoms. The molecule has 1 aromatic carbocycles. The summed E-state index contributed by atoms with van der Waals surface area (Å²) in [5.74, 6) is -1.57. The number of hydrogen-bond acceptors (Lipinski definition) is 5. The van der Waals surface area contributed by atoms with E-state index in [-0.39, 0.29) is 6.42 Å². The smallest absolute Gasteiger partial charge is 0.408 e. The molecular weight excluding hydrogens is 334 g/mol. The van der Waals surface area contributed by atoms with Crippen molar-refractivity contribution in [2.75, 3.05) is 0 Å². The highest BCUT2D eigenvalue weighted by molar-refractivity contribution is 6.03. The number of carbonyl (C=O) groups is 2. The molecule has 1 amide bonds. The van der Waals surface area contributed by atoms with Gasteiger partial charge in [-0.15, -0.1) is 0 Å². The number of ketones is 1. The number of aromatic amines is 1. The molecule has 1 heterocycles. The lowest BCUT2D eigenvalue weighted by Crippen LogP contribution is -2.46. The van der Waals surface area contributed by atoms with Crippen molar-refractivity contribution in [3.05, 3.63) is 54.1 Å². The van der Waals surface area contributed by atoms with Gasteiger partial charge in [0.05, 0.1) is 18.1 Å². The number of H-pyrrole nitrogens is 1. The van der Waals surface area contributed by atoms with Gasteiger partial charge < -0.3 is 15.0 Å². The van der Waals surface area contributed by atoms with E-state index in [1.165, 1.54) is 6.33 Å². The molecule has 0 fully saturated rings. The van der Waals surface area contributed by atoms with Crippen molar-refractivity contribution in [3.63, 3.8) is 0 Å². The standard InChI is InChI=1S/C19H22N3O4/c1-19(2,3)26-18(25)22-16(9-14-10-20-12-21-14)17(24)15(11-23)13-7-5-4-6-8-13/h4-8,10,12,15-16H,9H2,1-3H3,(H,20,21)(H,22,25)/t15?,16-/m0/s1. The molecule has 2 aromatic rings. The second kappa shape index (κ2) is 8.42. The van der Waals surface area contributed by atoms with E-state index in [2.05, 4.69) is 15.3 Å². The van der Waals surface area contributed by atoms with E-state index in [0.717, 1.165) is 0 Å². The Kier molecular flexibility index (Phi) is 6.27. The maximum absolute atomic E-state index is 12.9. The van der Waals surface area contributed by atoms with Crippen LogP contribution in [0.1, 0.15) is 37.9 Å². The minimum absolute atomic E-state index is 0.132. The van der Waals surface area contributed by atoms with Crippen molar-refractivity contribution >= 4 is 18.2 Å². The van der Waals surface area contributed by atoms with Gasteiger partial charge in [-0.25, -0.2) is 9.78 Å². The summed E-state index contributed by atoms with van der Waals surface area (Å²) in [6.45, 7) is 5.18. The molecule has 2 atom stereocenters. The minimum Gasteiger partial charge on any atom is -0.444 e. The minimum atomic E-state index is -1.10. The molecule has 1 unspecified atom stereocenters. The van der Waals surface area contributed by atoms with Crippen molar-refractivity contribution in [3.8, 4) is 0 Å². The maximum atomic E-state index is 12.9. The number of Topliss-reactive ketones (excluding diaryl/α,β-unsaturated/α-hetero) is 1. The Morgan fingerprint density at radius 3 is 2.50 bits per heavy atom. The highest BCUT2D eigenvalue weighted by Crippen LogP contribution is 2.18. The van der Waals surface area contributed by atoms with Crippen molar-refractivity contribution in [2.24, 2.45) is 0 Å². The topological polar surface area (TPSA) is 101 Å². The van der Waals surface area contributed by atoms with Gasteiger partial charge in [-0.1, -0.05) is 30.3 Å². The molecule has 2 N–H and O–H groups in total. The number of imidazole rings is 1. The van der Waals surface area contributed by atoms with Crippen molar-refractivity contribution in [1.29, 1.82) is 0 Å². The zero-order chi connectivity index (χ0) is 19.2. The second-order valence-corrected chi connectivity index (χ2v) is 6.83. The van der Waals surface area contributed by atoms with Crippen molar-refractivity contribution < 1.29 is 19.1 Å². The number of hydrogen-bond donors (Lipinski definition) is 2. The van der Waals surface area contributed by atoms with Crippen LogP contribution in [-0.2, 0) is 20.7 Å². The maximum Gasteiger partial charge on any atom is 0.408 e. The third kappa shape index (κ3) is 5.54. The fourth-order valence-electron chi connectivity index (χ4n) is 2.42. The first-order valence-corrected chi connectivity index (χ1v) is 8.23. The van der Waals surface area contributed by atoms with Gasteiger partial charge in [0.2, 0.25) is 6.29 Å². The fraction of sp³-hybridized carbons (Fsp3) is 0.368. The molecule has 0 aliphatic rings. The molecule has 1 aromatic heterocycles. The summed E-state index contributed by atoms with van der Waals surface area (Å²) in [7, 11) is 0. The summed E-state index contributed by atoms with van der Waals surface area (Å²) in [5.41, 5.74) is 0.391. The van der Waals surface area contributed by atoms with Crippen LogP contribution in [0.15, 0.2) is 42.9 Å². The Morgan fingerprint density at radius 2 is 1.96 bits per heavy atom. The molecule has 0 bridgehead atoms. The number of ether oxygens (including phenoxy) is 1. The average Bonchev–Trinajstić information content (AvgIpc) is 3.07. The average molecular weight is 356 g/mol. The molecule has 26 heavy (non-hydrogen) atoms. The Balaban J connectivity index is 2.22. The second-order valence-electron chi connectivity index (χ2n) is 6.83.